The van der Waals surface area contributed by atoms with E-state index in [-0.39, 0.29) is 5.92 Å². The number of rotatable bonds is 3. The lowest BCUT2D eigenvalue weighted by molar-refractivity contribution is 0.738. The van der Waals surface area contributed by atoms with E-state index < -0.39 is 0 Å². The van der Waals surface area contributed by atoms with Crippen molar-refractivity contribution in [2.75, 3.05) is 0 Å². The molecule has 0 fully saturated rings. The molecule has 0 saturated carbocycles. The highest BCUT2D eigenvalue weighted by Gasteiger charge is 2.07. The smallest absolute Gasteiger partial charge is 0.0750 e. The van der Waals surface area contributed by atoms with Crippen LogP contribution in [0.15, 0.2) is 24.3 Å². The average molecular weight is 221 g/mol. The maximum Gasteiger partial charge on any atom is 0.0750 e. The van der Waals surface area contributed by atoms with Gasteiger partial charge in [0.2, 0.25) is 0 Å². The zero-order chi connectivity index (χ0) is 10.6. The Bertz CT molecular complexity index is 379. The molecule has 72 valence electrons. The van der Waals surface area contributed by atoms with Crippen molar-refractivity contribution in [3.8, 4) is 6.07 Å². The maximum absolute atomic E-state index is 8.72. The Kier molecular flexibility index (Phi) is 4.12. The molecule has 3 heteroatoms. The minimum Gasteiger partial charge on any atom is -0.198 e. The fraction of sp³-hybridized carbons (Fsp3) is 0.273. The molecule has 1 atom stereocenters. The van der Waals surface area contributed by atoms with Crippen LogP contribution in [0.2, 0.25) is 0 Å². The fourth-order valence-corrected chi connectivity index (χ4v) is 1.70. The topological polar surface area (TPSA) is 23.8 Å². The first-order valence-electron chi connectivity index (χ1n) is 4.36. The first-order chi connectivity index (χ1) is 6.65. The van der Waals surface area contributed by atoms with Gasteiger partial charge in [0.25, 0.3) is 0 Å². The molecule has 0 saturated heterocycles. The second-order valence-corrected chi connectivity index (χ2v) is 4.35. The van der Waals surface area contributed by atoms with Gasteiger partial charge in [-0.3, -0.25) is 0 Å². The molecular formula is C11H11NS2. The first kappa shape index (κ1) is 11.2. The lowest BCUT2D eigenvalue weighted by atomic mass is 9.98. The highest BCUT2D eigenvalue weighted by atomic mass is 32.1. The second-order valence-electron chi connectivity index (χ2n) is 3.20. The Hall–Kier alpha value is -0.850. The van der Waals surface area contributed by atoms with E-state index in [2.05, 4.69) is 18.7 Å². The van der Waals surface area contributed by atoms with Gasteiger partial charge >= 0.3 is 0 Å². The summed E-state index contributed by atoms with van der Waals surface area (Å²) in [5, 5.41) is 8.72. The van der Waals surface area contributed by atoms with Crippen LogP contribution in [0.25, 0.3) is 0 Å². The van der Waals surface area contributed by atoms with Crippen molar-refractivity contribution < 1.29 is 0 Å². The molecule has 0 bridgehead atoms. The number of nitrogens with zero attached hydrogens (tertiary/aromatic N) is 1. The van der Waals surface area contributed by atoms with Crippen LogP contribution in [0, 0.1) is 17.2 Å². The van der Waals surface area contributed by atoms with Crippen molar-refractivity contribution in [1.82, 2.24) is 0 Å². The summed E-state index contributed by atoms with van der Waals surface area (Å²) in [6.07, 6.45) is 0.730. The molecule has 0 aliphatic heterocycles. The zero-order valence-corrected chi connectivity index (χ0v) is 9.61. The number of nitriles is 1. The fourth-order valence-electron chi connectivity index (χ4n) is 1.28. The van der Waals surface area contributed by atoms with Gasteiger partial charge in [0.1, 0.15) is 0 Å². The molecule has 0 aliphatic carbocycles. The van der Waals surface area contributed by atoms with Gasteiger partial charge in [0.05, 0.1) is 10.3 Å². The predicted molar refractivity (Wildman–Crippen MR) is 65.6 cm³/mol. The molecule has 1 nitrogen and oxygen atoms in total. The molecule has 1 aromatic carbocycles. The number of thiocarbonyl (C=S) groups is 1. The van der Waals surface area contributed by atoms with Crippen molar-refractivity contribution in [2.45, 2.75) is 13.3 Å². The molecule has 0 radical (unpaired) electrons. The zero-order valence-electron chi connectivity index (χ0n) is 7.90. The molecule has 0 N–H and O–H groups in total. The summed E-state index contributed by atoms with van der Waals surface area (Å²) in [7, 11) is 0. The summed E-state index contributed by atoms with van der Waals surface area (Å²) in [5.74, 6) is 0.0128. The molecule has 0 spiro atoms. The SMILES string of the molecule is CC(C#N)Cc1ccccc1C(=S)S. The van der Waals surface area contributed by atoms with Crippen LogP contribution in [0.1, 0.15) is 18.1 Å². The number of benzene rings is 1. The summed E-state index contributed by atoms with van der Waals surface area (Å²) in [5.41, 5.74) is 2.06. The third-order valence-electron chi connectivity index (χ3n) is 1.99. The molecule has 1 unspecified atom stereocenters. The third-order valence-corrected chi connectivity index (χ3v) is 2.46. The Morgan fingerprint density at radius 3 is 2.79 bits per heavy atom. The lowest BCUT2D eigenvalue weighted by Crippen LogP contribution is -2.02. The second kappa shape index (κ2) is 5.14. The largest absolute Gasteiger partial charge is 0.198 e. The minimum atomic E-state index is 0.0128. The monoisotopic (exact) mass is 221 g/mol. The van der Waals surface area contributed by atoms with Gasteiger partial charge in [-0.05, 0) is 18.9 Å². The van der Waals surface area contributed by atoms with Crippen molar-refractivity contribution in [1.29, 1.82) is 5.26 Å². The van der Waals surface area contributed by atoms with E-state index in [0.717, 1.165) is 17.5 Å². The van der Waals surface area contributed by atoms with Gasteiger partial charge in [0.15, 0.2) is 0 Å². The quantitative estimate of drug-likeness (QED) is 0.626. The molecule has 0 aliphatic rings. The Balaban J connectivity index is 2.97. The van der Waals surface area contributed by atoms with E-state index in [1.807, 2.05) is 31.2 Å². The first-order valence-corrected chi connectivity index (χ1v) is 5.21. The molecule has 0 aromatic heterocycles. The highest BCUT2D eigenvalue weighted by molar-refractivity contribution is 8.11. The Labute approximate surface area is 95.2 Å². The summed E-state index contributed by atoms with van der Waals surface area (Å²) >= 11 is 9.18. The average Bonchev–Trinajstić information content (AvgIpc) is 2.18. The van der Waals surface area contributed by atoms with Gasteiger partial charge in [-0.25, -0.2) is 0 Å². The summed E-state index contributed by atoms with van der Waals surface area (Å²) in [4.78, 5) is 0. The van der Waals surface area contributed by atoms with E-state index in [9.17, 15) is 0 Å². The van der Waals surface area contributed by atoms with Crippen molar-refractivity contribution >= 4 is 29.0 Å². The molecular weight excluding hydrogens is 210 g/mol. The highest BCUT2D eigenvalue weighted by Crippen LogP contribution is 2.16. The van der Waals surface area contributed by atoms with Crippen molar-refractivity contribution in [2.24, 2.45) is 5.92 Å². The maximum atomic E-state index is 8.72. The standard InChI is InChI=1S/C11H11NS2/c1-8(7-12)6-9-4-2-3-5-10(9)11(13)14/h2-5,8H,6H2,1H3,(H,13,14). The molecule has 14 heavy (non-hydrogen) atoms. The van der Waals surface area contributed by atoms with E-state index >= 15 is 0 Å². The van der Waals surface area contributed by atoms with Crippen LogP contribution in [0.3, 0.4) is 0 Å². The van der Waals surface area contributed by atoms with Gasteiger partial charge < -0.3 is 0 Å². The van der Waals surface area contributed by atoms with Gasteiger partial charge in [-0.15, -0.1) is 12.6 Å². The normalized spacial score (nSPS) is 11.8. The third kappa shape index (κ3) is 2.83. The van der Waals surface area contributed by atoms with E-state index in [0.29, 0.717) is 4.20 Å². The Morgan fingerprint density at radius 1 is 1.57 bits per heavy atom. The summed E-state index contributed by atoms with van der Waals surface area (Å²) in [6, 6.07) is 10.0. The number of hydrogen-bond donors (Lipinski definition) is 1. The lowest BCUT2D eigenvalue weighted by Gasteiger charge is -2.08. The summed E-state index contributed by atoms with van der Waals surface area (Å²) in [6.45, 7) is 1.90. The number of thiol groups is 1. The van der Waals surface area contributed by atoms with Crippen LogP contribution in [-0.4, -0.2) is 4.20 Å². The van der Waals surface area contributed by atoms with Crippen LogP contribution in [0.5, 0.6) is 0 Å². The molecule has 0 heterocycles. The van der Waals surface area contributed by atoms with Crippen LogP contribution < -0.4 is 0 Å². The Morgan fingerprint density at radius 2 is 2.21 bits per heavy atom. The molecule has 0 amide bonds. The molecule has 1 rings (SSSR count). The molecule has 1 aromatic rings. The van der Waals surface area contributed by atoms with Crippen LogP contribution in [0.4, 0.5) is 0 Å². The van der Waals surface area contributed by atoms with Crippen molar-refractivity contribution in [3.63, 3.8) is 0 Å². The minimum absolute atomic E-state index is 0.0128. The van der Waals surface area contributed by atoms with E-state index in [1.165, 1.54) is 0 Å². The van der Waals surface area contributed by atoms with Gasteiger partial charge in [-0.2, -0.15) is 5.26 Å². The van der Waals surface area contributed by atoms with Crippen LogP contribution >= 0.6 is 24.8 Å². The van der Waals surface area contributed by atoms with Crippen LogP contribution in [-0.2, 0) is 6.42 Å². The predicted octanol–water partition coefficient (Wildman–Crippen LogP) is 2.99. The van der Waals surface area contributed by atoms with Gasteiger partial charge in [0, 0.05) is 11.5 Å². The number of hydrogen-bond acceptors (Lipinski definition) is 2. The summed E-state index contributed by atoms with van der Waals surface area (Å²) < 4.78 is 0.589. The van der Waals surface area contributed by atoms with Crippen molar-refractivity contribution in [3.05, 3.63) is 35.4 Å². The van der Waals surface area contributed by atoms with Gasteiger partial charge in [-0.1, -0.05) is 36.5 Å². The van der Waals surface area contributed by atoms with E-state index in [1.54, 1.807) is 0 Å². The van der Waals surface area contributed by atoms with E-state index in [4.69, 9.17) is 17.5 Å².